The first kappa shape index (κ1) is 12.8. The molecule has 98 valence electrons. The zero-order valence-electron chi connectivity index (χ0n) is 10.4. The molecule has 1 aliphatic heterocycles. The first-order valence-corrected chi connectivity index (χ1v) is 6.02. The Morgan fingerprint density at radius 2 is 2.06 bits per heavy atom. The Hall–Kier alpha value is -1.65. The van der Waals surface area contributed by atoms with Gasteiger partial charge in [0.05, 0.1) is 6.54 Å². The fourth-order valence-corrected chi connectivity index (χ4v) is 1.88. The van der Waals surface area contributed by atoms with E-state index < -0.39 is 12.5 Å². The van der Waals surface area contributed by atoms with Gasteiger partial charge in [-0.3, -0.25) is 4.99 Å². The van der Waals surface area contributed by atoms with Crippen molar-refractivity contribution in [3.63, 3.8) is 0 Å². The standard InChI is InChI=1S/C13H17F2N3/c1-18-9-5-8-16-12(18)17-10-13(14,15)11-6-3-2-4-7-11/h2-4,6-7H,5,8-10H2,1H3,(H,16,17). The fraction of sp³-hybridized carbons (Fsp3) is 0.462. The molecule has 0 saturated carbocycles. The maximum atomic E-state index is 13.9. The molecule has 1 N–H and O–H groups in total. The normalized spacial score (nSPS) is 16.4. The number of benzene rings is 1. The largest absolute Gasteiger partial charge is 0.350 e. The summed E-state index contributed by atoms with van der Waals surface area (Å²) in [6.45, 7) is 1.12. The van der Waals surface area contributed by atoms with E-state index in [1.165, 1.54) is 12.1 Å². The van der Waals surface area contributed by atoms with Gasteiger partial charge in [-0.15, -0.1) is 0 Å². The van der Waals surface area contributed by atoms with Crippen molar-refractivity contribution in [2.45, 2.75) is 12.3 Å². The maximum Gasteiger partial charge on any atom is 0.290 e. The van der Waals surface area contributed by atoms with E-state index >= 15 is 0 Å². The molecule has 0 radical (unpaired) electrons. The lowest BCUT2D eigenvalue weighted by Crippen LogP contribution is -2.45. The van der Waals surface area contributed by atoms with Crippen LogP contribution < -0.4 is 5.32 Å². The summed E-state index contributed by atoms with van der Waals surface area (Å²) in [6.07, 6.45) is 0.969. The molecular weight excluding hydrogens is 236 g/mol. The first-order chi connectivity index (χ1) is 8.59. The summed E-state index contributed by atoms with van der Waals surface area (Å²) in [5.41, 5.74) is 0.0246. The molecule has 0 fully saturated rings. The average molecular weight is 253 g/mol. The number of guanidine groups is 1. The molecule has 3 nitrogen and oxygen atoms in total. The Balaban J connectivity index is 1.99. The Morgan fingerprint density at radius 3 is 2.72 bits per heavy atom. The van der Waals surface area contributed by atoms with E-state index in [0.29, 0.717) is 12.5 Å². The lowest BCUT2D eigenvalue weighted by molar-refractivity contribution is 0.000579. The lowest BCUT2D eigenvalue weighted by Gasteiger charge is -2.27. The van der Waals surface area contributed by atoms with Crippen molar-refractivity contribution in [1.29, 1.82) is 0 Å². The second kappa shape index (κ2) is 5.33. The molecule has 5 heteroatoms. The SMILES string of the molecule is CN1CCCN=C1NCC(F)(F)c1ccccc1. The monoisotopic (exact) mass is 253 g/mol. The smallest absolute Gasteiger partial charge is 0.290 e. The molecule has 0 saturated heterocycles. The van der Waals surface area contributed by atoms with Crippen LogP contribution in [-0.2, 0) is 5.92 Å². The number of rotatable bonds is 3. The molecule has 1 heterocycles. The van der Waals surface area contributed by atoms with Crippen LogP contribution in [0.25, 0.3) is 0 Å². The van der Waals surface area contributed by atoms with Crippen molar-refractivity contribution in [1.82, 2.24) is 10.2 Å². The zero-order chi connectivity index (χ0) is 13.0. The lowest BCUT2D eigenvalue weighted by atomic mass is 10.1. The molecule has 0 bridgehead atoms. The number of nitrogens with zero attached hydrogens (tertiary/aromatic N) is 2. The Morgan fingerprint density at radius 1 is 1.33 bits per heavy atom. The molecule has 0 aromatic heterocycles. The minimum Gasteiger partial charge on any atom is -0.350 e. The van der Waals surface area contributed by atoms with Gasteiger partial charge in [-0.05, 0) is 6.42 Å². The van der Waals surface area contributed by atoms with Crippen LogP contribution in [0, 0.1) is 0 Å². The highest BCUT2D eigenvalue weighted by atomic mass is 19.3. The van der Waals surface area contributed by atoms with Crippen LogP contribution in [0.15, 0.2) is 35.3 Å². The highest BCUT2D eigenvalue weighted by molar-refractivity contribution is 5.80. The second-order valence-corrected chi connectivity index (χ2v) is 4.40. The van der Waals surface area contributed by atoms with Gasteiger partial charge in [0.25, 0.3) is 5.92 Å². The van der Waals surface area contributed by atoms with Gasteiger partial charge in [0.15, 0.2) is 5.96 Å². The van der Waals surface area contributed by atoms with Gasteiger partial charge >= 0.3 is 0 Å². The highest BCUT2D eigenvalue weighted by Crippen LogP contribution is 2.26. The summed E-state index contributed by atoms with van der Waals surface area (Å²) < 4.78 is 27.8. The minimum atomic E-state index is -2.89. The van der Waals surface area contributed by atoms with E-state index in [2.05, 4.69) is 10.3 Å². The van der Waals surface area contributed by atoms with Crippen molar-refractivity contribution in [3.8, 4) is 0 Å². The van der Waals surface area contributed by atoms with Gasteiger partial charge in [-0.2, -0.15) is 8.78 Å². The summed E-state index contributed by atoms with van der Waals surface area (Å²) >= 11 is 0. The van der Waals surface area contributed by atoms with Crippen molar-refractivity contribution in [2.24, 2.45) is 4.99 Å². The third-order valence-electron chi connectivity index (χ3n) is 2.94. The fourth-order valence-electron chi connectivity index (χ4n) is 1.88. The van der Waals surface area contributed by atoms with E-state index in [-0.39, 0.29) is 5.56 Å². The summed E-state index contributed by atoms with van der Waals surface area (Å²) in [5, 5.41) is 2.74. The van der Waals surface area contributed by atoms with Gasteiger partial charge < -0.3 is 10.2 Å². The molecule has 0 unspecified atom stereocenters. The third kappa shape index (κ3) is 2.97. The zero-order valence-corrected chi connectivity index (χ0v) is 10.4. The van der Waals surface area contributed by atoms with Crippen molar-refractivity contribution in [2.75, 3.05) is 26.7 Å². The van der Waals surface area contributed by atoms with Gasteiger partial charge in [0, 0.05) is 25.7 Å². The van der Waals surface area contributed by atoms with Crippen molar-refractivity contribution < 1.29 is 8.78 Å². The van der Waals surface area contributed by atoms with Crippen molar-refractivity contribution in [3.05, 3.63) is 35.9 Å². The topological polar surface area (TPSA) is 27.6 Å². The summed E-state index contributed by atoms with van der Waals surface area (Å²) in [4.78, 5) is 6.07. The molecule has 2 rings (SSSR count). The predicted molar refractivity (Wildman–Crippen MR) is 67.9 cm³/mol. The number of hydrogen-bond acceptors (Lipinski definition) is 3. The van der Waals surface area contributed by atoms with Crippen LogP contribution in [-0.4, -0.2) is 37.5 Å². The Kier molecular flexibility index (Phi) is 3.79. The molecule has 1 aromatic rings. The van der Waals surface area contributed by atoms with Crippen LogP contribution in [0.2, 0.25) is 0 Å². The van der Waals surface area contributed by atoms with E-state index in [1.807, 2.05) is 11.9 Å². The maximum absolute atomic E-state index is 13.9. The first-order valence-electron chi connectivity index (χ1n) is 6.02. The van der Waals surface area contributed by atoms with E-state index in [1.54, 1.807) is 18.2 Å². The number of alkyl halides is 2. The molecule has 0 spiro atoms. The van der Waals surface area contributed by atoms with E-state index in [0.717, 1.165) is 13.0 Å². The number of hydrogen-bond donors (Lipinski definition) is 1. The molecule has 1 aliphatic rings. The molecular formula is C13H17F2N3. The number of halogens is 2. The van der Waals surface area contributed by atoms with Crippen LogP contribution in [0.5, 0.6) is 0 Å². The summed E-state index contributed by atoms with van der Waals surface area (Å²) in [7, 11) is 1.85. The quantitative estimate of drug-likeness (QED) is 0.893. The summed E-state index contributed by atoms with van der Waals surface area (Å²) in [5.74, 6) is -2.33. The van der Waals surface area contributed by atoms with Crippen LogP contribution in [0.4, 0.5) is 8.78 Å². The summed E-state index contributed by atoms with van der Waals surface area (Å²) in [6, 6.07) is 7.84. The molecule has 0 amide bonds. The van der Waals surface area contributed by atoms with Gasteiger partial charge in [-0.25, -0.2) is 0 Å². The van der Waals surface area contributed by atoms with E-state index in [9.17, 15) is 8.78 Å². The predicted octanol–water partition coefficient (Wildman–Crippen LogP) is 2.06. The van der Waals surface area contributed by atoms with Crippen LogP contribution in [0.1, 0.15) is 12.0 Å². The third-order valence-corrected chi connectivity index (χ3v) is 2.94. The average Bonchev–Trinajstić information content (AvgIpc) is 2.39. The molecule has 1 aromatic carbocycles. The van der Waals surface area contributed by atoms with Crippen LogP contribution >= 0.6 is 0 Å². The van der Waals surface area contributed by atoms with Gasteiger partial charge in [0.1, 0.15) is 0 Å². The Bertz CT molecular complexity index is 418. The highest BCUT2D eigenvalue weighted by Gasteiger charge is 2.31. The molecule has 0 atom stereocenters. The second-order valence-electron chi connectivity index (χ2n) is 4.40. The number of aliphatic imine (C=N–C) groups is 1. The molecule has 0 aliphatic carbocycles. The van der Waals surface area contributed by atoms with Crippen LogP contribution in [0.3, 0.4) is 0 Å². The minimum absolute atomic E-state index is 0.0246. The number of nitrogens with one attached hydrogen (secondary N) is 1. The van der Waals surface area contributed by atoms with Gasteiger partial charge in [-0.1, -0.05) is 30.3 Å². The molecule has 18 heavy (non-hydrogen) atoms. The van der Waals surface area contributed by atoms with Gasteiger partial charge in [0.2, 0.25) is 0 Å². The van der Waals surface area contributed by atoms with Crippen molar-refractivity contribution >= 4 is 5.96 Å². The Labute approximate surface area is 106 Å². The van der Waals surface area contributed by atoms with E-state index in [4.69, 9.17) is 0 Å².